The quantitative estimate of drug-likeness (QED) is 0.876. The third-order valence-electron chi connectivity index (χ3n) is 3.97. The summed E-state index contributed by atoms with van der Waals surface area (Å²) < 4.78 is 31.8. The molecule has 1 saturated heterocycles. The maximum Gasteiger partial charge on any atom is 0.317 e. The average molecular weight is 384 g/mol. The molecule has 25 heavy (non-hydrogen) atoms. The summed E-state index contributed by atoms with van der Waals surface area (Å²) in [5, 5.41) is 3.24. The fourth-order valence-corrected chi connectivity index (χ4v) is 4.12. The molecule has 1 aliphatic heterocycles. The van der Waals surface area contributed by atoms with Crippen molar-refractivity contribution in [2.75, 3.05) is 26.2 Å². The molecule has 9 heteroatoms. The van der Waals surface area contributed by atoms with E-state index >= 15 is 0 Å². The number of piperazine rings is 1. The van der Waals surface area contributed by atoms with Crippen LogP contribution in [0.15, 0.2) is 52.0 Å². The highest BCUT2D eigenvalue weighted by molar-refractivity contribution is 7.89. The lowest BCUT2D eigenvalue weighted by molar-refractivity contribution is 0.171. The Hall–Kier alpha value is -2.03. The zero-order valence-corrected chi connectivity index (χ0v) is 15.0. The summed E-state index contributed by atoms with van der Waals surface area (Å²) in [6.07, 6.45) is 1.54. The number of hydrogen-bond acceptors (Lipinski definition) is 4. The molecule has 3 rings (SSSR count). The Morgan fingerprint density at radius 3 is 2.40 bits per heavy atom. The van der Waals surface area contributed by atoms with Crippen molar-refractivity contribution in [2.24, 2.45) is 0 Å². The van der Waals surface area contributed by atoms with E-state index in [1.165, 1.54) is 16.4 Å². The molecule has 1 aliphatic rings. The van der Waals surface area contributed by atoms with Crippen LogP contribution in [0, 0.1) is 0 Å². The molecule has 0 atom stereocenters. The number of sulfonamides is 1. The fraction of sp³-hybridized carbons (Fsp3) is 0.312. The Morgan fingerprint density at radius 1 is 1.12 bits per heavy atom. The number of nitrogens with one attached hydrogen (secondary N) is 1. The first-order chi connectivity index (χ1) is 12.0. The Labute approximate surface area is 151 Å². The molecule has 0 aliphatic carbocycles. The van der Waals surface area contributed by atoms with Crippen LogP contribution in [0.1, 0.15) is 5.76 Å². The van der Waals surface area contributed by atoms with Crippen molar-refractivity contribution in [3.8, 4) is 0 Å². The first kappa shape index (κ1) is 17.8. The van der Waals surface area contributed by atoms with Gasteiger partial charge in [0.25, 0.3) is 0 Å². The summed E-state index contributed by atoms with van der Waals surface area (Å²) in [6, 6.07) is 9.36. The first-order valence-corrected chi connectivity index (χ1v) is 9.59. The molecule has 0 saturated carbocycles. The number of benzene rings is 1. The summed E-state index contributed by atoms with van der Waals surface area (Å²) >= 11 is 5.80. The highest BCUT2D eigenvalue weighted by Gasteiger charge is 2.30. The second-order valence-corrected chi connectivity index (χ2v) is 7.96. The maximum absolute atomic E-state index is 12.6. The van der Waals surface area contributed by atoms with Crippen molar-refractivity contribution in [3.63, 3.8) is 0 Å². The van der Waals surface area contributed by atoms with Gasteiger partial charge in [-0.15, -0.1) is 0 Å². The van der Waals surface area contributed by atoms with Crippen LogP contribution in [0.2, 0.25) is 5.02 Å². The highest BCUT2D eigenvalue weighted by Crippen LogP contribution is 2.19. The SMILES string of the molecule is O=C(NCc1ccco1)N1CCN(S(=O)(=O)c2ccc(Cl)cc2)CC1. The molecule has 1 aromatic heterocycles. The lowest BCUT2D eigenvalue weighted by Crippen LogP contribution is -2.52. The van der Waals surface area contributed by atoms with E-state index in [0.29, 0.717) is 30.4 Å². The predicted molar refractivity (Wildman–Crippen MR) is 92.7 cm³/mol. The van der Waals surface area contributed by atoms with Gasteiger partial charge in [0.15, 0.2) is 0 Å². The summed E-state index contributed by atoms with van der Waals surface area (Å²) in [5.74, 6) is 0.664. The van der Waals surface area contributed by atoms with Gasteiger partial charge in [0.05, 0.1) is 17.7 Å². The third-order valence-corrected chi connectivity index (χ3v) is 6.14. The van der Waals surface area contributed by atoms with E-state index in [0.717, 1.165) is 0 Å². The van der Waals surface area contributed by atoms with Gasteiger partial charge in [-0.25, -0.2) is 13.2 Å². The van der Waals surface area contributed by atoms with E-state index in [9.17, 15) is 13.2 Å². The molecule has 2 aromatic rings. The molecular weight excluding hydrogens is 366 g/mol. The summed E-state index contributed by atoms with van der Waals surface area (Å²) in [5.41, 5.74) is 0. The monoisotopic (exact) mass is 383 g/mol. The van der Waals surface area contributed by atoms with Crippen LogP contribution < -0.4 is 5.32 Å². The molecule has 2 amide bonds. The highest BCUT2D eigenvalue weighted by atomic mass is 35.5. The Bertz CT molecular complexity index is 814. The number of urea groups is 1. The molecule has 0 spiro atoms. The number of nitrogens with zero attached hydrogens (tertiary/aromatic N) is 2. The number of hydrogen-bond donors (Lipinski definition) is 1. The van der Waals surface area contributed by atoms with E-state index in [1.807, 2.05) is 0 Å². The minimum absolute atomic E-state index is 0.202. The van der Waals surface area contributed by atoms with Crippen molar-refractivity contribution in [1.82, 2.24) is 14.5 Å². The van der Waals surface area contributed by atoms with Crippen molar-refractivity contribution in [2.45, 2.75) is 11.4 Å². The van der Waals surface area contributed by atoms with Crippen molar-refractivity contribution < 1.29 is 17.6 Å². The van der Waals surface area contributed by atoms with Crippen LogP contribution in [0.5, 0.6) is 0 Å². The molecule has 7 nitrogen and oxygen atoms in total. The van der Waals surface area contributed by atoms with Crippen LogP contribution in [0.25, 0.3) is 0 Å². The summed E-state index contributed by atoms with van der Waals surface area (Å²) in [7, 11) is -3.57. The summed E-state index contributed by atoms with van der Waals surface area (Å²) in [6.45, 7) is 1.46. The molecular formula is C16H18ClN3O4S. The van der Waals surface area contributed by atoms with Gasteiger partial charge in [-0.1, -0.05) is 11.6 Å². The molecule has 1 aromatic carbocycles. The fourth-order valence-electron chi connectivity index (χ4n) is 2.57. The van der Waals surface area contributed by atoms with E-state index in [-0.39, 0.29) is 24.0 Å². The number of carbonyl (C=O) groups excluding carboxylic acids is 1. The maximum atomic E-state index is 12.6. The van der Waals surface area contributed by atoms with E-state index in [4.69, 9.17) is 16.0 Å². The van der Waals surface area contributed by atoms with Crippen LogP contribution >= 0.6 is 11.6 Å². The lowest BCUT2D eigenvalue weighted by Gasteiger charge is -2.33. The van der Waals surface area contributed by atoms with Crippen LogP contribution in [0.4, 0.5) is 4.79 Å². The second-order valence-electron chi connectivity index (χ2n) is 5.58. The molecule has 2 heterocycles. The molecule has 1 fully saturated rings. The molecule has 0 radical (unpaired) electrons. The molecule has 1 N–H and O–H groups in total. The zero-order valence-electron chi connectivity index (χ0n) is 13.4. The van der Waals surface area contributed by atoms with Gasteiger partial charge in [-0.3, -0.25) is 0 Å². The van der Waals surface area contributed by atoms with Gasteiger partial charge in [-0.05, 0) is 36.4 Å². The molecule has 0 unspecified atom stereocenters. The van der Waals surface area contributed by atoms with Gasteiger partial charge in [0.1, 0.15) is 5.76 Å². The number of rotatable bonds is 4. The van der Waals surface area contributed by atoms with E-state index in [2.05, 4.69) is 5.32 Å². The van der Waals surface area contributed by atoms with Crippen molar-refractivity contribution in [3.05, 3.63) is 53.4 Å². The van der Waals surface area contributed by atoms with Gasteiger partial charge < -0.3 is 14.6 Å². The summed E-state index contributed by atoms with van der Waals surface area (Å²) in [4.78, 5) is 13.9. The largest absolute Gasteiger partial charge is 0.467 e. The molecule has 0 bridgehead atoms. The Balaban J connectivity index is 1.55. The normalized spacial score (nSPS) is 16.0. The number of halogens is 1. The predicted octanol–water partition coefficient (Wildman–Crippen LogP) is 2.15. The van der Waals surface area contributed by atoms with E-state index in [1.54, 1.807) is 35.4 Å². The van der Waals surface area contributed by atoms with Crippen molar-refractivity contribution in [1.29, 1.82) is 0 Å². The Kier molecular flexibility index (Phi) is 5.31. The first-order valence-electron chi connectivity index (χ1n) is 7.78. The minimum atomic E-state index is -3.57. The minimum Gasteiger partial charge on any atom is -0.467 e. The number of amides is 2. The van der Waals surface area contributed by atoms with Crippen LogP contribution in [-0.4, -0.2) is 49.8 Å². The van der Waals surface area contributed by atoms with Crippen LogP contribution in [-0.2, 0) is 16.6 Å². The second kappa shape index (κ2) is 7.47. The topological polar surface area (TPSA) is 82.9 Å². The lowest BCUT2D eigenvalue weighted by atomic mass is 10.4. The van der Waals surface area contributed by atoms with Gasteiger partial charge >= 0.3 is 6.03 Å². The number of furan rings is 1. The smallest absolute Gasteiger partial charge is 0.317 e. The van der Waals surface area contributed by atoms with Gasteiger partial charge in [0, 0.05) is 31.2 Å². The zero-order chi connectivity index (χ0) is 17.9. The van der Waals surface area contributed by atoms with Crippen molar-refractivity contribution >= 4 is 27.7 Å². The standard InChI is InChI=1S/C16H18ClN3O4S/c17-13-3-5-15(6-4-13)25(22,23)20-9-7-19(8-10-20)16(21)18-12-14-2-1-11-24-14/h1-6,11H,7-10,12H2,(H,18,21). The van der Waals surface area contributed by atoms with Gasteiger partial charge in [-0.2, -0.15) is 4.31 Å². The van der Waals surface area contributed by atoms with E-state index < -0.39 is 10.0 Å². The Morgan fingerprint density at radius 2 is 1.80 bits per heavy atom. The van der Waals surface area contributed by atoms with Gasteiger partial charge in [0.2, 0.25) is 10.0 Å². The van der Waals surface area contributed by atoms with Crippen LogP contribution in [0.3, 0.4) is 0 Å². The average Bonchev–Trinajstić information content (AvgIpc) is 3.14. The third kappa shape index (κ3) is 4.15. The molecule has 134 valence electrons. The number of carbonyl (C=O) groups is 1.